The molecule has 0 aliphatic heterocycles. The fraction of sp³-hybridized carbons (Fsp3) is 0.333. The number of benzene rings is 2. The van der Waals surface area contributed by atoms with Crippen LogP contribution < -0.4 is 10.1 Å². The molecule has 0 radical (unpaired) electrons. The summed E-state index contributed by atoms with van der Waals surface area (Å²) in [7, 11) is 0. The van der Waals surface area contributed by atoms with E-state index in [0.717, 1.165) is 37.3 Å². The number of carbonyl (C=O) groups excluding carboxylic acids is 1. The van der Waals surface area contributed by atoms with Crippen LogP contribution in [-0.4, -0.2) is 41.0 Å². The van der Waals surface area contributed by atoms with Crippen molar-refractivity contribution in [3.05, 3.63) is 107 Å². The Bertz CT molecular complexity index is 1290. The van der Waals surface area contributed by atoms with Crippen LogP contribution in [0.25, 0.3) is 0 Å². The molecule has 212 valence electrons. The van der Waals surface area contributed by atoms with Crippen molar-refractivity contribution in [2.75, 3.05) is 6.54 Å². The summed E-state index contributed by atoms with van der Waals surface area (Å²) in [5, 5.41) is 3.51. The van der Waals surface area contributed by atoms with Gasteiger partial charge in [0.25, 0.3) is 0 Å². The second kappa shape index (κ2) is 12.7. The van der Waals surface area contributed by atoms with Gasteiger partial charge in [0, 0.05) is 25.2 Å². The van der Waals surface area contributed by atoms with E-state index in [4.69, 9.17) is 11.6 Å². The van der Waals surface area contributed by atoms with Crippen LogP contribution in [0.15, 0.2) is 85.6 Å². The molecule has 3 aromatic rings. The third-order valence-corrected chi connectivity index (χ3v) is 7.21. The third kappa shape index (κ3) is 6.75. The number of hydrogen-bond donors (Lipinski definition) is 1. The molecule has 1 aliphatic carbocycles. The number of urea groups is 1. The molecule has 1 saturated carbocycles. The molecule has 4 rings (SSSR count). The maximum Gasteiger partial charge on any atom is 0.461 e. The van der Waals surface area contributed by atoms with E-state index in [9.17, 15) is 22.4 Å². The number of hydrogen-bond acceptors (Lipinski definition) is 3. The average molecular weight is 576 g/mol. The number of nitrogens with zero attached hydrogens (tertiary/aromatic N) is 2. The number of carbonyl (C=O) groups is 1. The van der Waals surface area contributed by atoms with Gasteiger partial charge < -0.3 is 15.0 Å². The van der Waals surface area contributed by atoms with Gasteiger partial charge in [-0.15, -0.1) is 6.58 Å². The van der Waals surface area contributed by atoms with Gasteiger partial charge >= 0.3 is 18.6 Å². The van der Waals surface area contributed by atoms with Gasteiger partial charge in [-0.3, -0.25) is 4.98 Å². The molecule has 40 heavy (non-hydrogen) atoms. The minimum Gasteiger partial charge on any atom is -0.428 e. The smallest absolute Gasteiger partial charge is 0.428 e. The number of pyridine rings is 1. The molecule has 1 heterocycles. The van der Waals surface area contributed by atoms with E-state index in [0.29, 0.717) is 22.8 Å². The summed E-state index contributed by atoms with van der Waals surface area (Å²) in [6.07, 6.45) is -1.81. The van der Waals surface area contributed by atoms with Gasteiger partial charge in [-0.05, 0) is 48.2 Å². The summed E-state index contributed by atoms with van der Waals surface area (Å²) in [5.41, 5.74) is 0.0735. The fourth-order valence-electron chi connectivity index (χ4n) is 5.09. The lowest BCUT2D eigenvalue weighted by molar-refractivity contribution is -0.253. The Morgan fingerprint density at radius 2 is 1.85 bits per heavy atom. The van der Waals surface area contributed by atoms with Gasteiger partial charge in [-0.25, -0.2) is 4.79 Å². The molecular formula is C30H30ClF4N3O2. The molecular weight excluding hydrogens is 546 g/mol. The van der Waals surface area contributed by atoms with Crippen LogP contribution in [-0.2, 0) is 12.0 Å². The van der Waals surface area contributed by atoms with Crippen LogP contribution in [0.2, 0.25) is 5.02 Å². The number of alkyl halides is 4. The lowest BCUT2D eigenvalue weighted by Gasteiger charge is -2.39. The minimum atomic E-state index is -4.70. The number of aromatic nitrogens is 1. The lowest BCUT2D eigenvalue weighted by atomic mass is 9.80. The first kappa shape index (κ1) is 29.4. The normalized spacial score (nSPS) is 15.4. The van der Waals surface area contributed by atoms with Gasteiger partial charge in [-0.1, -0.05) is 73.0 Å². The first-order valence-electron chi connectivity index (χ1n) is 13.0. The van der Waals surface area contributed by atoms with Crippen molar-refractivity contribution >= 4 is 17.6 Å². The monoisotopic (exact) mass is 575 g/mol. The zero-order valence-corrected chi connectivity index (χ0v) is 22.5. The minimum absolute atomic E-state index is 0.00463. The Hall–Kier alpha value is -3.59. The first-order chi connectivity index (χ1) is 19.1. The summed E-state index contributed by atoms with van der Waals surface area (Å²) in [5.74, 6) is -0.484. The van der Waals surface area contributed by atoms with Crippen molar-refractivity contribution in [2.24, 2.45) is 0 Å². The molecule has 1 atom stereocenters. The van der Waals surface area contributed by atoms with Crippen LogP contribution in [0.1, 0.15) is 42.5 Å². The third-order valence-electron chi connectivity index (χ3n) is 6.98. The van der Waals surface area contributed by atoms with Gasteiger partial charge in [-0.2, -0.15) is 17.6 Å². The predicted octanol–water partition coefficient (Wildman–Crippen LogP) is 7.60. The SMILES string of the molecule is C=CCN(C(=O)N[C@@](Cc1ccccc1)(c1cccc(OC(F)(F)C(F)F)c1)c1ccc(Cl)cn1)C1CCCC1. The summed E-state index contributed by atoms with van der Waals surface area (Å²) in [6.45, 7) is 4.11. The van der Waals surface area contributed by atoms with E-state index < -0.39 is 29.9 Å². The molecule has 0 bridgehead atoms. The summed E-state index contributed by atoms with van der Waals surface area (Å²) < 4.78 is 58.0. The van der Waals surface area contributed by atoms with Gasteiger partial charge in [0.15, 0.2) is 0 Å². The van der Waals surface area contributed by atoms with Crippen molar-refractivity contribution in [3.63, 3.8) is 0 Å². The Morgan fingerprint density at radius 3 is 2.48 bits per heavy atom. The number of nitrogens with one attached hydrogen (secondary N) is 1. The first-order valence-corrected chi connectivity index (χ1v) is 13.3. The molecule has 0 spiro atoms. The quantitative estimate of drug-likeness (QED) is 0.189. The van der Waals surface area contributed by atoms with E-state index in [2.05, 4.69) is 21.6 Å². The number of rotatable bonds is 11. The highest BCUT2D eigenvalue weighted by atomic mass is 35.5. The second-order valence-corrected chi connectivity index (χ2v) is 10.2. The molecule has 2 aromatic carbocycles. The van der Waals surface area contributed by atoms with Crippen LogP contribution in [0.3, 0.4) is 0 Å². The maximum absolute atomic E-state index is 14.0. The largest absolute Gasteiger partial charge is 0.461 e. The van der Waals surface area contributed by atoms with E-state index in [1.165, 1.54) is 18.3 Å². The van der Waals surface area contributed by atoms with E-state index in [1.54, 1.807) is 29.2 Å². The average Bonchev–Trinajstić information content (AvgIpc) is 3.47. The van der Waals surface area contributed by atoms with Crippen LogP contribution >= 0.6 is 11.6 Å². The Kier molecular flexibility index (Phi) is 9.35. The lowest BCUT2D eigenvalue weighted by Crippen LogP contribution is -2.55. The summed E-state index contributed by atoms with van der Waals surface area (Å²) in [6, 6.07) is 17.5. The van der Waals surface area contributed by atoms with Crippen LogP contribution in [0.4, 0.5) is 22.4 Å². The van der Waals surface area contributed by atoms with Crippen molar-refractivity contribution in [2.45, 2.75) is 56.2 Å². The molecule has 5 nitrogen and oxygen atoms in total. The summed E-state index contributed by atoms with van der Waals surface area (Å²) >= 11 is 6.14. The van der Waals surface area contributed by atoms with E-state index in [1.807, 2.05) is 30.3 Å². The van der Waals surface area contributed by atoms with Crippen LogP contribution in [0.5, 0.6) is 5.75 Å². The fourth-order valence-corrected chi connectivity index (χ4v) is 5.20. The molecule has 1 aliphatic rings. The molecule has 1 N–H and O–H groups in total. The predicted molar refractivity (Wildman–Crippen MR) is 146 cm³/mol. The highest BCUT2D eigenvalue weighted by Crippen LogP contribution is 2.37. The maximum atomic E-state index is 14.0. The molecule has 1 fully saturated rings. The molecule has 1 aromatic heterocycles. The summed E-state index contributed by atoms with van der Waals surface area (Å²) in [4.78, 5) is 20.2. The molecule has 0 unspecified atom stereocenters. The number of amides is 2. The Labute approximate surface area is 235 Å². The topological polar surface area (TPSA) is 54.5 Å². The van der Waals surface area contributed by atoms with E-state index >= 15 is 0 Å². The zero-order valence-electron chi connectivity index (χ0n) is 21.7. The van der Waals surface area contributed by atoms with Gasteiger partial charge in [0.05, 0.1) is 10.7 Å². The molecule has 2 amide bonds. The highest BCUT2D eigenvalue weighted by molar-refractivity contribution is 6.30. The Balaban J connectivity index is 1.87. The second-order valence-electron chi connectivity index (χ2n) is 9.73. The molecule has 10 heteroatoms. The van der Waals surface area contributed by atoms with Crippen molar-refractivity contribution in [1.29, 1.82) is 0 Å². The van der Waals surface area contributed by atoms with E-state index in [-0.39, 0.29) is 12.5 Å². The number of halogens is 5. The standard InChI is InChI=1S/C30H30ClF4N3O2/c1-2-17-38(24-12-6-7-13-24)28(39)37-29(19-21-9-4-3-5-10-21,26-16-15-23(31)20-36-26)22-11-8-14-25(18-22)40-30(34,35)27(32)33/h2-5,8-11,14-16,18,20,24,27H,1,6-7,12-13,17,19H2,(H,37,39)/t29-/m0/s1. The molecule has 0 saturated heterocycles. The van der Waals surface area contributed by atoms with Gasteiger partial charge in [0.2, 0.25) is 0 Å². The van der Waals surface area contributed by atoms with Gasteiger partial charge in [0.1, 0.15) is 11.3 Å². The zero-order chi connectivity index (χ0) is 28.8. The van der Waals surface area contributed by atoms with Crippen molar-refractivity contribution < 1.29 is 27.1 Å². The van der Waals surface area contributed by atoms with Crippen molar-refractivity contribution in [3.8, 4) is 5.75 Å². The van der Waals surface area contributed by atoms with Crippen molar-refractivity contribution in [1.82, 2.24) is 15.2 Å². The number of ether oxygens (including phenoxy) is 1. The highest BCUT2D eigenvalue weighted by Gasteiger charge is 2.45. The Morgan fingerprint density at radius 1 is 1.12 bits per heavy atom. The van der Waals surface area contributed by atoms with Crippen LogP contribution in [0, 0.1) is 0 Å².